The van der Waals surface area contributed by atoms with Crippen molar-refractivity contribution < 1.29 is 68.4 Å². The van der Waals surface area contributed by atoms with Crippen LogP contribution in [0.4, 0.5) is 0 Å². The van der Waals surface area contributed by atoms with E-state index in [0.29, 0.717) is 36.1 Å². The molecule has 3 aliphatic heterocycles. The molecule has 6 amide bonds. The molecule has 560 valence electrons. The topological polar surface area (TPSA) is 390 Å². The molecule has 102 heavy (non-hydrogen) atoms. The minimum atomic E-state index is -1.59. The predicted molar refractivity (Wildman–Crippen MR) is 396 cm³/mol. The summed E-state index contributed by atoms with van der Waals surface area (Å²) < 4.78 is 0. The number of rotatable bonds is 25. The van der Waals surface area contributed by atoms with Crippen LogP contribution in [0.1, 0.15) is 172 Å². The number of Topliss-reactive ketones (excluding diaryl/α,β-unsaturated/α-hetero) is 3. The van der Waals surface area contributed by atoms with Crippen molar-refractivity contribution in [3.8, 4) is 5.75 Å². The largest absolute Gasteiger partial charge is 0.508 e. The molecular formula is C76H110N10O14S2. The van der Waals surface area contributed by atoms with E-state index in [1.165, 1.54) is 51.7 Å². The number of amides is 6. The average Bonchev–Trinajstić information content (AvgIpc) is 1.59. The Morgan fingerprint density at radius 3 is 1.92 bits per heavy atom. The first-order valence-corrected chi connectivity index (χ1v) is 39.1. The van der Waals surface area contributed by atoms with Gasteiger partial charge in [0.2, 0.25) is 35.4 Å². The molecular weight excluding hydrogens is 1340 g/mol. The number of para-hydroxylation sites is 1. The van der Waals surface area contributed by atoms with Crippen molar-refractivity contribution in [2.75, 3.05) is 44.2 Å². The van der Waals surface area contributed by atoms with Gasteiger partial charge in [-0.25, -0.2) is 0 Å². The van der Waals surface area contributed by atoms with Crippen molar-refractivity contribution >= 4 is 91.3 Å². The van der Waals surface area contributed by atoms with E-state index in [4.69, 9.17) is 5.73 Å². The Balaban J connectivity index is 1.19. The molecule has 8 rings (SSSR count). The molecule has 1 aliphatic carbocycles. The average molecular weight is 1450 g/mol. The second kappa shape index (κ2) is 41.9. The van der Waals surface area contributed by atoms with Gasteiger partial charge in [0.05, 0.1) is 53.6 Å². The van der Waals surface area contributed by atoms with E-state index in [1.807, 2.05) is 18.2 Å². The third kappa shape index (κ3) is 26.8. The first-order chi connectivity index (χ1) is 48.9. The van der Waals surface area contributed by atoms with Gasteiger partial charge in [-0.1, -0.05) is 141 Å². The van der Waals surface area contributed by atoms with E-state index in [9.17, 15) is 49.2 Å². The van der Waals surface area contributed by atoms with Crippen LogP contribution in [0.25, 0.3) is 10.9 Å². The molecule has 24 nitrogen and oxygen atoms in total. The van der Waals surface area contributed by atoms with Crippen LogP contribution in [0.15, 0.2) is 85.1 Å². The van der Waals surface area contributed by atoms with Gasteiger partial charge in [0.25, 0.3) is 0 Å². The number of phenolic OH excluding ortho intramolecular Hbond substituents is 1. The van der Waals surface area contributed by atoms with Gasteiger partial charge in [0.1, 0.15) is 17.8 Å². The van der Waals surface area contributed by atoms with Crippen LogP contribution in [0.2, 0.25) is 0 Å². The Kier molecular flexibility index (Phi) is 33.7. The zero-order chi connectivity index (χ0) is 73.6. The van der Waals surface area contributed by atoms with Gasteiger partial charge in [-0.05, 0) is 118 Å². The van der Waals surface area contributed by atoms with Gasteiger partial charge in [-0.2, -0.15) is 0 Å². The number of aliphatic hydroxyl groups excluding tert-OH is 2. The molecule has 2 unspecified atom stereocenters. The van der Waals surface area contributed by atoms with Crippen LogP contribution < -0.4 is 48.3 Å². The number of nitrogens with one attached hydrogen (secondary N) is 9. The Hall–Kier alpha value is -7.20. The molecule has 2 bridgehead atoms. The number of H-pyrrole nitrogens is 1. The Morgan fingerprint density at radius 2 is 1.26 bits per heavy atom. The van der Waals surface area contributed by atoms with Crippen LogP contribution in [-0.4, -0.2) is 176 Å². The highest BCUT2D eigenvalue weighted by atomic mass is 33.1. The normalized spacial score (nSPS) is 25.1. The summed E-state index contributed by atoms with van der Waals surface area (Å²) in [5.41, 5.74) is 8.19. The number of ketones is 3. The van der Waals surface area contributed by atoms with Crippen LogP contribution in [0.3, 0.4) is 0 Å². The lowest BCUT2D eigenvalue weighted by atomic mass is 9.78. The summed E-state index contributed by atoms with van der Waals surface area (Å²) >= 11 is 0. The molecule has 1 saturated carbocycles. The maximum Gasteiger partial charge on any atom is 0.309 e. The van der Waals surface area contributed by atoms with Crippen LogP contribution in [-0.2, 0) is 67.2 Å². The Morgan fingerprint density at radius 1 is 0.657 bits per heavy atom. The van der Waals surface area contributed by atoms with Crippen molar-refractivity contribution in [2.24, 2.45) is 28.9 Å². The summed E-state index contributed by atoms with van der Waals surface area (Å²) in [5, 5.41) is 67.7. The molecule has 0 spiro atoms. The van der Waals surface area contributed by atoms with Crippen LogP contribution in [0, 0.1) is 23.2 Å². The molecule has 4 heterocycles. The smallest absolute Gasteiger partial charge is 0.309 e. The van der Waals surface area contributed by atoms with Gasteiger partial charge < -0.3 is 73.7 Å². The lowest BCUT2D eigenvalue weighted by Gasteiger charge is -2.37. The lowest BCUT2D eigenvalue weighted by molar-refractivity contribution is -0.148. The number of carbonyl (C=O) groups excluding carboxylic acids is 9. The van der Waals surface area contributed by atoms with E-state index in [1.54, 1.807) is 54.7 Å². The molecule has 0 radical (unpaired) electrons. The van der Waals surface area contributed by atoms with Gasteiger partial charge >= 0.3 is 5.97 Å². The van der Waals surface area contributed by atoms with Gasteiger partial charge in [0, 0.05) is 99.7 Å². The summed E-state index contributed by atoms with van der Waals surface area (Å²) in [6.45, 7) is 8.34. The minimum absolute atomic E-state index is 0.0124. The molecule has 26 heteroatoms. The third-order valence-electron chi connectivity index (χ3n) is 20.2. The fourth-order valence-electron chi connectivity index (χ4n) is 14.0. The number of aromatic nitrogens is 1. The molecule has 4 fully saturated rings. The molecule has 3 saturated heterocycles. The fourth-order valence-corrected chi connectivity index (χ4v) is 16.5. The lowest BCUT2D eigenvalue weighted by Crippen LogP contribution is -2.57. The van der Waals surface area contributed by atoms with E-state index in [-0.39, 0.29) is 80.1 Å². The molecule has 15 N–H and O–H groups in total. The number of carboxylic acid groups (broad SMARTS) is 1. The number of carboxylic acids is 1. The second-order valence-electron chi connectivity index (χ2n) is 28.8. The quantitative estimate of drug-likeness (QED) is 0.0254. The van der Waals surface area contributed by atoms with Gasteiger partial charge in [-0.3, -0.25) is 47.9 Å². The number of hydrogen-bond donors (Lipinski definition) is 14. The first kappa shape index (κ1) is 82.1. The number of hydrogen-bond acceptors (Lipinski definition) is 18. The standard InChI is InChI=1S/C76H110N10O14S2/c1-49(87)57-42-66(91)60(24-13-18-35-77)82-73(98)63(40-53-44-80-59-23-12-11-22-56(53)59)84-72(97)62(39-52-27-29-55(89)30-28-52)83-70(95)54(45-101-102-46-64(85-71(57)96)67(92)43-58(50(2)88)74(99)100)41-65(90)61(38-51-20-9-8-10-21-51)81-68(93)25-19-26-69(94)86-76-33-16-6-4-14-31-75(3,32-15-5-7-17-34-76)47-78-36-37-79-48-76/h8-12,20-23,27-30,44,49-50,54,57-58,60-64,78-80,87-89H,4-7,13-19,24-26,31-43,45-48,77H2,1-3H3,(H,81,93)(H,82,98)(H,83,95)(H,84,97)(H,85,96)(H,86,94)(H,99,100)/t49?,50?,54-,57-,58-,60-,61+,62-,63+,64-,75?,76?/m0/s1. The summed E-state index contributed by atoms with van der Waals surface area (Å²) in [6, 6.07) is 15.3. The third-order valence-corrected chi connectivity index (χ3v) is 22.7. The van der Waals surface area contributed by atoms with E-state index < -0.39 is 138 Å². The second-order valence-corrected chi connectivity index (χ2v) is 31.3. The zero-order valence-corrected chi connectivity index (χ0v) is 61.2. The van der Waals surface area contributed by atoms with Gasteiger partial charge in [-0.15, -0.1) is 0 Å². The van der Waals surface area contributed by atoms with Crippen molar-refractivity contribution in [1.29, 1.82) is 0 Å². The fraction of sp³-hybridized carbons (Fsp3) is 0.605. The first-order valence-electron chi connectivity index (χ1n) is 36.7. The maximum absolute atomic E-state index is 15.4. The Bertz CT molecular complexity index is 3350. The minimum Gasteiger partial charge on any atom is -0.508 e. The summed E-state index contributed by atoms with van der Waals surface area (Å²) in [5.74, 6) is -12.5. The molecule has 1 aromatic heterocycles. The van der Waals surface area contributed by atoms with Crippen molar-refractivity contribution in [3.05, 3.63) is 102 Å². The number of fused-ring (bicyclic) bond motifs is 16. The van der Waals surface area contributed by atoms with Crippen LogP contribution in [0.5, 0.6) is 5.75 Å². The molecule has 3 aromatic carbocycles. The van der Waals surface area contributed by atoms with Crippen LogP contribution >= 0.6 is 21.6 Å². The molecule has 4 aromatic rings. The summed E-state index contributed by atoms with van der Waals surface area (Å²) in [6.07, 6.45) is 10.2. The van der Waals surface area contributed by atoms with E-state index >= 15 is 19.2 Å². The molecule has 4 aliphatic rings. The number of aromatic hydroxyl groups is 1. The van der Waals surface area contributed by atoms with Crippen molar-refractivity contribution in [3.63, 3.8) is 0 Å². The van der Waals surface area contributed by atoms with Crippen molar-refractivity contribution in [2.45, 2.75) is 223 Å². The van der Waals surface area contributed by atoms with E-state index in [2.05, 4.69) is 54.4 Å². The SMILES string of the molecule is CC(O)[C@H](CC(=O)[C@@H]1CSSC[C@H](CC(=O)[C@@H](Cc2ccccc2)NC(=O)CCCC(=O)NC23CCCCCCC(C)(CCCCCC2)CNCCNC3)C(=O)N[C@@H](Cc2ccc(O)cc2)C(=O)N[C@H](Cc2c[nH]c3ccccc23)C(=O)N[C@@H](CCCCN)C(=O)C[C@@H](C(C)O)C(=O)N1)C(=O)O. The number of carbonyl (C=O) groups is 10. The number of phenols is 1. The predicted octanol–water partition coefficient (Wildman–Crippen LogP) is 6.34. The number of aliphatic hydroxyl groups is 2. The number of nitrogens with two attached hydrogens (primary N) is 1. The van der Waals surface area contributed by atoms with Gasteiger partial charge in [0.15, 0.2) is 17.3 Å². The highest BCUT2D eigenvalue weighted by Crippen LogP contribution is 2.34. The zero-order valence-electron chi connectivity index (χ0n) is 59.5. The monoisotopic (exact) mass is 1450 g/mol. The number of aromatic amines is 1. The van der Waals surface area contributed by atoms with E-state index in [0.717, 1.165) is 103 Å². The molecule has 10 atom stereocenters. The summed E-state index contributed by atoms with van der Waals surface area (Å²) in [4.78, 5) is 148. The number of unbranched alkanes of at least 4 members (excludes halogenated alkanes) is 1. The number of benzene rings is 3. The Labute approximate surface area is 607 Å². The van der Waals surface area contributed by atoms with Crippen molar-refractivity contribution in [1.82, 2.24) is 47.5 Å². The summed E-state index contributed by atoms with van der Waals surface area (Å²) in [7, 11) is 2.00. The highest BCUT2D eigenvalue weighted by molar-refractivity contribution is 8.76. The maximum atomic E-state index is 15.4. The highest BCUT2D eigenvalue weighted by Gasteiger charge is 2.39. The number of aliphatic carboxylic acids is 1.